The zero-order valence-electron chi connectivity index (χ0n) is 12.9. The first-order valence-electron chi connectivity index (χ1n) is 7.76. The van der Waals surface area contributed by atoms with Crippen LogP contribution in [0.4, 0.5) is 0 Å². The van der Waals surface area contributed by atoms with Gasteiger partial charge in [-0.15, -0.1) is 0 Å². The van der Waals surface area contributed by atoms with Crippen LogP contribution >= 0.6 is 0 Å². The highest BCUT2D eigenvalue weighted by Gasteiger charge is 2.10. The number of methoxy groups -OCH3 is 1. The number of hydrogen-bond donors (Lipinski definition) is 2. The van der Waals surface area contributed by atoms with Gasteiger partial charge in [-0.1, -0.05) is 51.9 Å². The van der Waals surface area contributed by atoms with Crippen molar-refractivity contribution in [2.45, 2.75) is 64.3 Å². The van der Waals surface area contributed by atoms with E-state index in [0.717, 1.165) is 17.7 Å². The quantitative estimate of drug-likeness (QED) is 0.368. The molecule has 0 aromatic carbocycles. The maximum absolute atomic E-state index is 5.66. The predicted molar refractivity (Wildman–Crippen MR) is 83.5 cm³/mol. The lowest BCUT2D eigenvalue weighted by Gasteiger charge is -2.16. The van der Waals surface area contributed by atoms with E-state index in [-0.39, 0.29) is 6.04 Å². The first-order valence-corrected chi connectivity index (χ1v) is 7.76. The van der Waals surface area contributed by atoms with Crippen LogP contribution in [0, 0.1) is 0 Å². The van der Waals surface area contributed by atoms with Crippen molar-refractivity contribution in [3.05, 3.63) is 24.0 Å². The van der Waals surface area contributed by atoms with Crippen LogP contribution in [0.3, 0.4) is 0 Å². The minimum Gasteiger partial charge on any atom is -0.495 e. The molecule has 4 heteroatoms. The van der Waals surface area contributed by atoms with Gasteiger partial charge in [0.25, 0.3) is 0 Å². The highest BCUT2D eigenvalue weighted by molar-refractivity contribution is 5.25. The van der Waals surface area contributed by atoms with E-state index in [4.69, 9.17) is 10.6 Å². The van der Waals surface area contributed by atoms with Crippen molar-refractivity contribution >= 4 is 0 Å². The number of ether oxygens (including phenoxy) is 1. The number of nitrogens with one attached hydrogen (secondary N) is 1. The Morgan fingerprint density at radius 1 is 1.15 bits per heavy atom. The summed E-state index contributed by atoms with van der Waals surface area (Å²) in [6, 6.07) is 2.16. The zero-order valence-corrected chi connectivity index (χ0v) is 12.9. The van der Waals surface area contributed by atoms with Crippen LogP contribution in [0.1, 0.15) is 69.9 Å². The molecule has 0 saturated carbocycles. The molecule has 114 valence electrons. The van der Waals surface area contributed by atoms with Crippen LogP contribution < -0.4 is 16.0 Å². The molecule has 20 heavy (non-hydrogen) atoms. The normalized spacial score (nSPS) is 12.3. The van der Waals surface area contributed by atoms with E-state index < -0.39 is 0 Å². The number of pyridine rings is 1. The lowest BCUT2D eigenvalue weighted by atomic mass is 10.0. The molecule has 0 fully saturated rings. The maximum Gasteiger partial charge on any atom is 0.137 e. The van der Waals surface area contributed by atoms with E-state index in [1.54, 1.807) is 13.3 Å². The van der Waals surface area contributed by atoms with E-state index in [9.17, 15) is 0 Å². The fraction of sp³-hybridized carbons (Fsp3) is 0.688. The van der Waals surface area contributed by atoms with E-state index in [2.05, 4.69) is 17.3 Å². The Hall–Kier alpha value is -1.13. The number of nitrogens with zero attached hydrogens (tertiary/aromatic N) is 1. The number of aromatic nitrogens is 1. The Morgan fingerprint density at radius 2 is 1.85 bits per heavy atom. The summed E-state index contributed by atoms with van der Waals surface area (Å²) < 4.78 is 5.20. The summed E-state index contributed by atoms with van der Waals surface area (Å²) >= 11 is 0. The third kappa shape index (κ3) is 6.35. The lowest BCUT2D eigenvalue weighted by molar-refractivity contribution is 0.409. The summed E-state index contributed by atoms with van der Waals surface area (Å²) in [5.74, 6) is 6.44. The first-order chi connectivity index (χ1) is 9.81. The van der Waals surface area contributed by atoms with Crippen molar-refractivity contribution in [1.29, 1.82) is 0 Å². The zero-order chi connectivity index (χ0) is 14.6. The third-order valence-corrected chi connectivity index (χ3v) is 3.67. The maximum atomic E-state index is 5.66. The van der Waals surface area contributed by atoms with Crippen LogP contribution in [-0.2, 0) is 0 Å². The summed E-state index contributed by atoms with van der Waals surface area (Å²) in [5, 5.41) is 0. The van der Waals surface area contributed by atoms with E-state index in [0.29, 0.717) is 0 Å². The Bertz CT molecular complexity index is 357. The molecule has 1 rings (SSSR count). The summed E-state index contributed by atoms with van der Waals surface area (Å²) in [6.07, 6.45) is 13.8. The molecule has 0 spiro atoms. The first kappa shape index (κ1) is 16.9. The van der Waals surface area contributed by atoms with Gasteiger partial charge in [-0.2, -0.15) is 0 Å². The van der Waals surface area contributed by atoms with Crippen LogP contribution in [0.15, 0.2) is 18.5 Å². The smallest absolute Gasteiger partial charge is 0.137 e. The minimum atomic E-state index is 0.160. The molecule has 1 aromatic rings. The van der Waals surface area contributed by atoms with Gasteiger partial charge in [-0.05, 0) is 18.1 Å². The third-order valence-electron chi connectivity index (χ3n) is 3.67. The minimum absolute atomic E-state index is 0.160. The largest absolute Gasteiger partial charge is 0.495 e. The van der Waals surface area contributed by atoms with Crippen molar-refractivity contribution in [3.63, 3.8) is 0 Å². The van der Waals surface area contributed by atoms with Gasteiger partial charge in [0.1, 0.15) is 5.75 Å². The number of unbranched alkanes of at least 4 members (excludes halogenated alkanes) is 6. The highest BCUT2D eigenvalue weighted by atomic mass is 16.5. The molecule has 3 N–H and O–H groups in total. The van der Waals surface area contributed by atoms with Crippen LogP contribution in [0.25, 0.3) is 0 Å². The molecule has 1 unspecified atom stereocenters. The second kappa shape index (κ2) is 10.6. The van der Waals surface area contributed by atoms with Gasteiger partial charge in [0.15, 0.2) is 0 Å². The van der Waals surface area contributed by atoms with Gasteiger partial charge in [0.05, 0.1) is 13.3 Å². The molecule has 0 bridgehead atoms. The van der Waals surface area contributed by atoms with E-state index in [1.165, 1.54) is 44.9 Å². The average molecular weight is 279 g/mol. The summed E-state index contributed by atoms with van der Waals surface area (Å²) in [4.78, 5) is 4.18. The second-order valence-electron chi connectivity index (χ2n) is 5.29. The monoisotopic (exact) mass is 279 g/mol. The summed E-state index contributed by atoms with van der Waals surface area (Å²) in [6.45, 7) is 2.25. The van der Waals surface area contributed by atoms with Crippen molar-refractivity contribution in [2.24, 2.45) is 5.84 Å². The van der Waals surface area contributed by atoms with Crippen molar-refractivity contribution in [3.8, 4) is 5.75 Å². The van der Waals surface area contributed by atoms with E-state index >= 15 is 0 Å². The topological polar surface area (TPSA) is 60.2 Å². The van der Waals surface area contributed by atoms with Crippen molar-refractivity contribution in [2.75, 3.05) is 7.11 Å². The molecule has 0 aliphatic heterocycles. The molecule has 1 aromatic heterocycles. The number of nitrogens with two attached hydrogens (primary N) is 1. The Labute approximate surface area is 123 Å². The molecular formula is C16H29N3O. The molecule has 1 atom stereocenters. The fourth-order valence-electron chi connectivity index (χ4n) is 2.39. The molecule has 0 aliphatic rings. The van der Waals surface area contributed by atoms with E-state index in [1.807, 2.05) is 12.3 Å². The van der Waals surface area contributed by atoms with Crippen molar-refractivity contribution in [1.82, 2.24) is 10.4 Å². The molecule has 0 saturated heterocycles. The van der Waals surface area contributed by atoms with Gasteiger partial charge >= 0.3 is 0 Å². The Kier molecular flexibility index (Phi) is 9.00. The van der Waals surface area contributed by atoms with Crippen LogP contribution in [0.2, 0.25) is 0 Å². The van der Waals surface area contributed by atoms with Gasteiger partial charge < -0.3 is 4.74 Å². The molecule has 4 nitrogen and oxygen atoms in total. The molecule has 0 radical (unpaired) electrons. The Morgan fingerprint density at radius 3 is 2.50 bits per heavy atom. The lowest BCUT2D eigenvalue weighted by Crippen LogP contribution is -2.28. The van der Waals surface area contributed by atoms with Crippen LogP contribution in [0.5, 0.6) is 5.75 Å². The summed E-state index contributed by atoms with van der Waals surface area (Å²) in [5.41, 5.74) is 3.98. The molecular weight excluding hydrogens is 250 g/mol. The van der Waals surface area contributed by atoms with Gasteiger partial charge in [-0.25, -0.2) is 0 Å². The SMILES string of the molecule is CCCCCCCCCC(NN)c1cncc(OC)c1. The highest BCUT2D eigenvalue weighted by Crippen LogP contribution is 2.22. The standard InChI is InChI=1S/C16H29N3O/c1-3-4-5-6-7-8-9-10-16(19-17)14-11-15(20-2)13-18-12-14/h11-13,16,19H,3-10,17H2,1-2H3. The second-order valence-corrected chi connectivity index (χ2v) is 5.29. The predicted octanol–water partition coefficient (Wildman–Crippen LogP) is 3.74. The average Bonchev–Trinajstić information content (AvgIpc) is 2.50. The summed E-state index contributed by atoms with van der Waals surface area (Å²) in [7, 11) is 1.65. The molecule has 0 aliphatic carbocycles. The molecule has 1 heterocycles. The fourth-order valence-corrected chi connectivity index (χ4v) is 2.39. The number of hydrazine groups is 1. The van der Waals surface area contributed by atoms with Crippen LogP contribution in [-0.4, -0.2) is 12.1 Å². The van der Waals surface area contributed by atoms with Crippen molar-refractivity contribution < 1.29 is 4.74 Å². The Balaban J connectivity index is 2.28. The van der Waals surface area contributed by atoms with Gasteiger partial charge in [0, 0.05) is 12.2 Å². The number of rotatable bonds is 11. The van der Waals surface area contributed by atoms with Gasteiger partial charge in [-0.3, -0.25) is 16.3 Å². The number of hydrogen-bond acceptors (Lipinski definition) is 4. The van der Waals surface area contributed by atoms with Gasteiger partial charge in [0.2, 0.25) is 0 Å². The molecule has 0 amide bonds.